The van der Waals surface area contributed by atoms with E-state index in [9.17, 15) is 5.11 Å². The molecule has 0 fully saturated rings. The van der Waals surface area contributed by atoms with Crippen LogP contribution >= 0.6 is 0 Å². The van der Waals surface area contributed by atoms with Gasteiger partial charge in [-0.3, -0.25) is 0 Å². The molecule has 102 valence electrons. The molecule has 0 saturated carbocycles. The fourth-order valence-electron chi connectivity index (χ4n) is 2.39. The van der Waals surface area contributed by atoms with Gasteiger partial charge in [0.25, 0.3) is 0 Å². The maximum atomic E-state index is 9.57. The third-order valence-electron chi connectivity index (χ3n) is 3.65. The van der Waals surface area contributed by atoms with Crippen molar-refractivity contribution >= 4 is 16.7 Å². The van der Waals surface area contributed by atoms with Crippen LogP contribution in [-0.4, -0.2) is 23.2 Å². The van der Waals surface area contributed by atoms with Crippen molar-refractivity contribution in [1.82, 2.24) is 4.98 Å². The molecule has 0 spiro atoms. The van der Waals surface area contributed by atoms with Crippen LogP contribution in [0.1, 0.15) is 32.3 Å². The standard InChI is InChI=1S/C16H22N2O/c1-4-7-12(2)18(3)16-14(11-19)10-13-8-5-6-9-15(13)17-16/h5-6,8-10,12,19H,4,7,11H2,1-3H3. The molecule has 19 heavy (non-hydrogen) atoms. The molecule has 2 rings (SSSR count). The Bertz CT molecular complexity index is 553. The van der Waals surface area contributed by atoms with Gasteiger partial charge in [-0.25, -0.2) is 4.98 Å². The number of aliphatic hydroxyl groups is 1. The largest absolute Gasteiger partial charge is 0.392 e. The summed E-state index contributed by atoms with van der Waals surface area (Å²) < 4.78 is 0. The Balaban J connectivity index is 2.45. The molecular weight excluding hydrogens is 236 g/mol. The monoisotopic (exact) mass is 258 g/mol. The number of aromatic nitrogens is 1. The summed E-state index contributed by atoms with van der Waals surface area (Å²) in [6, 6.07) is 10.5. The van der Waals surface area contributed by atoms with Crippen molar-refractivity contribution in [2.45, 2.75) is 39.3 Å². The summed E-state index contributed by atoms with van der Waals surface area (Å²) in [5, 5.41) is 10.6. The second kappa shape index (κ2) is 6.02. The van der Waals surface area contributed by atoms with Gasteiger partial charge in [-0.1, -0.05) is 31.5 Å². The minimum atomic E-state index is 0.0242. The minimum Gasteiger partial charge on any atom is -0.392 e. The summed E-state index contributed by atoms with van der Waals surface area (Å²) in [7, 11) is 2.05. The second-order valence-electron chi connectivity index (χ2n) is 5.07. The molecular formula is C16H22N2O. The van der Waals surface area contributed by atoms with E-state index in [-0.39, 0.29) is 6.61 Å². The average Bonchev–Trinajstić information content (AvgIpc) is 2.45. The van der Waals surface area contributed by atoms with Crippen molar-refractivity contribution in [3.8, 4) is 0 Å². The van der Waals surface area contributed by atoms with Crippen LogP contribution in [-0.2, 0) is 6.61 Å². The molecule has 2 aromatic rings. The zero-order chi connectivity index (χ0) is 13.8. The highest BCUT2D eigenvalue weighted by molar-refractivity contribution is 5.81. The maximum Gasteiger partial charge on any atom is 0.134 e. The van der Waals surface area contributed by atoms with E-state index in [1.165, 1.54) is 0 Å². The highest BCUT2D eigenvalue weighted by atomic mass is 16.3. The van der Waals surface area contributed by atoms with Crippen molar-refractivity contribution in [1.29, 1.82) is 0 Å². The molecule has 0 saturated heterocycles. The van der Waals surface area contributed by atoms with E-state index in [4.69, 9.17) is 4.98 Å². The molecule has 0 aliphatic heterocycles. The van der Waals surface area contributed by atoms with Crippen LogP contribution in [0.4, 0.5) is 5.82 Å². The van der Waals surface area contributed by atoms with E-state index in [0.29, 0.717) is 6.04 Å². The Labute approximate surface area is 114 Å². The SMILES string of the molecule is CCCC(C)N(C)c1nc2ccccc2cc1CO. The highest BCUT2D eigenvalue weighted by Crippen LogP contribution is 2.25. The Morgan fingerprint density at radius 2 is 2.05 bits per heavy atom. The van der Waals surface area contributed by atoms with Gasteiger partial charge in [0.05, 0.1) is 12.1 Å². The number of para-hydroxylation sites is 1. The lowest BCUT2D eigenvalue weighted by atomic mass is 10.1. The Hall–Kier alpha value is -1.61. The van der Waals surface area contributed by atoms with Gasteiger partial charge in [-0.2, -0.15) is 0 Å². The first-order valence-corrected chi connectivity index (χ1v) is 6.89. The number of anilines is 1. The second-order valence-corrected chi connectivity index (χ2v) is 5.07. The number of fused-ring (bicyclic) bond motifs is 1. The summed E-state index contributed by atoms with van der Waals surface area (Å²) >= 11 is 0. The summed E-state index contributed by atoms with van der Waals surface area (Å²) in [5.74, 6) is 0.891. The van der Waals surface area contributed by atoms with Crippen LogP contribution in [0, 0.1) is 0 Å². The van der Waals surface area contributed by atoms with Crippen LogP contribution in [0.15, 0.2) is 30.3 Å². The van der Waals surface area contributed by atoms with E-state index in [0.717, 1.165) is 35.1 Å². The molecule has 1 N–H and O–H groups in total. The van der Waals surface area contributed by atoms with Crippen molar-refractivity contribution < 1.29 is 5.11 Å². The number of benzene rings is 1. The zero-order valence-corrected chi connectivity index (χ0v) is 11.9. The third-order valence-corrected chi connectivity index (χ3v) is 3.65. The first kappa shape index (κ1) is 13.8. The molecule has 1 atom stereocenters. The fraction of sp³-hybridized carbons (Fsp3) is 0.438. The van der Waals surface area contributed by atoms with E-state index < -0.39 is 0 Å². The molecule has 0 radical (unpaired) electrons. The lowest BCUT2D eigenvalue weighted by Crippen LogP contribution is -2.30. The fourth-order valence-corrected chi connectivity index (χ4v) is 2.39. The number of hydrogen-bond acceptors (Lipinski definition) is 3. The van der Waals surface area contributed by atoms with Crippen molar-refractivity contribution in [3.63, 3.8) is 0 Å². The number of pyridine rings is 1. The van der Waals surface area contributed by atoms with Crippen LogP contribution in [0.3, 0.4) is 0 Å². The van der Waals surface area contributed by atoms with Crippen LogP contribution < -0.4 is 4.90 Å². The van der Waals surface area contributed by atoms with Gasteiger partial charge in [0.2, 0.25) is 0 Å². The molecule has 0 amide bonds. The van der Waals surface area contributed by atoms with E-state index in [1.54, 1.807) is 0 Å². The molecule has 3 heteroatoms. The predicted octanol–water partition coefficient (Wildman–Crippen LogP) is 3.35. The topological polar surface area (TPSA) is 36.4 Å². The van der Waals surface area contributed by atoms with Crippen molar-refractivity contribution in [2.75, 3.05) is 11.9 Å². The molecule has 1 aromatic heterocycles. The van der Waals surface area contributed by atoms with Gasteiger partial charge in [-0.15, -0.1) is 0 Å². The van der Waals surface area contributed by atoms with Crippen LogP contribution in [0.25, 0.3) is 10.9 Å². The van der Waals surface area contributed by atoms with E-state index >= 15 is 0 Å². The molecule has 3 nitrogen and oxygen atoms in total. The summed E-state index contributed by atoms with van der Waals surface area (Å²) in [4.78, 5) is 6.88. The molecule has 0 bridgehead atoms. The van der Waals surface area contributed by atoms with Crippen LogP contribution in [0.5, 0.6) is 0 Å². The molecule has 1 heterocycles. The minimum absolute atomic E-state index is 0.0242. The van der Waals surface area contributed by atoms with Gasteiger partial charge in [0.15, 0.2) is 0 Å². The van der Waals surface area contributed by atoms with Gasteiger partial charge in [0, 0.05) is 24.0 Å². The smallest absolute Gasteiger partial charge is 0.134 e. The average molecular weight is 258 g/mol. The quantitative estimate of drug-likeness (QED) is 0.893. The Kier molecular flexibility index (Phi) is 4.38. The van der Waals surface area contributed by atoms with Gasteiger partial charge < -0.3 is 10.0 Å². The normalized spacial score (nSPS) is 12.6. The van der Waals surface area contributed by atoms with Gasteiger partial charge in [0.1, 0.15) is 5.82 Å². The predicted molar refractivity (Wildman–Crippen MR) is 80.4 cm³/mol. The zero-order valence-electron chi connectivity index (χ0n) is 11.9. The Morgan fingerprint density at radius 3 is 2.74 bits per heavy atom. The first-order valence-electron chi connectivity index (χ1n) is 6.89. The van der Waals surface area contributed by atoms with E-state index in [2.05, 4.69) is 25.8 Å². The number of hydrogen-bond donors (Lipinski definition) is 1. The summed E-state index contributed by atoms with van der Waals surface area (Å²) in [6.45, 7) is 4.41. The van der Waals surface area contributed by atoms with Crippen molar-refractivity contribution in [2.24, 2.45) is 0 Å². The molecule has 1 aromatic carbocycles. The molecule has 0 aliphatic carbocycles. The summed E-state index contributed by atoms with van der Waals surface area (Å²) in [6.07, 6.45) is 2.27. The van der Waals surface area contributed by atoms with Crippen LogP contribution in [0.2, 0.25) is 0 Å². The number of aliphatic hydroxyl groups excluding tert-OH is 1. The van der Waals surface area contributed by atoms with Gasteiger partial charge >= 0.3 is 0 Å². The molecule has 0 aliphatic rings. The summed E-state index contributed by atoms with van der Waals surface area (Å²) in [5.41, 5.74) is 1.87. The lowest BCUT2D eigenvalue weighted by molar-refractivity contribution is 0.281. The van der Waals surface area contributed by atoms with Crippen molar-refractivity contribution in [3.05, 3.63) is 35.9 Å². The first-order chi connectivity index (χ1) is 9.17. The third kappa shape index (κ3) is 2.87. The van der Waals surface area contributed by atoms with E-state index in [1.807, 2.05) is 30.3 Å². The Morgan fingerprint density at radius 1 is 1.32 bits per heavy atom. The maximum absolute atomic E-state index is 9.57. The highest BCUT2D eigenvalue weighted by Gasteiger charge is 2.15. The molecule has 1 unspecified atom stereocenters. The lowest BCUT2D eigenvalue weighted by Gasteiger charge is -2.27. The number of nitrogens with zero attached hydrogens (tertiary/aromatic N) is 2. The van der Waals surface area contributed by atoms with Gasteiger partial charge in [-0.05, 0) is 25.5 Å². The number of rotatable bonds is 5.